The molecule has 1 aliphatic rings. The molecule has 2 N–H and O–H groups in total. The summed E-state index contributed by atoms with van der Waals surface area (Å²) in [5.74, 6) is 0.555. The Kier molecular flexibility index (Phi) is 6.18. The van der Waals surface area contributed by atoms with Gasteiger partial charge in [0.1, 0.15) is 4.83 Å². The van der Waals surface area contributed by atoms with Crippen LogP contribution >= 0.6 is 11.3 Å². The van der Waals surface area contributed by atoms with Gasteiger partial charge in [0.15, 0.2) is 0 Å². The molecule has 1 aromatic carbocycles. The number of nitrogens with zero attached hydrogens (tertiary/aromatic N) is 2. The molecule has 0 radical (unpaired) electrons. The van der Waals surface area contributed by atoms with Crippen LogP contribution in [-0.2, 0) is 4.79 Å². The van der Waals surface area contributed by atoms with Crippen LogP contribution in [0.15, 0.2) is 36.4 Å². The molecule has 1 fully saturated rings. The van der Waals surface area contributed by atoms with Gasteiger partial charge < -0.3 is 10.6 Å². The molecule has 6 nitrogen and oxygen atoms in total. The number of carbonyl (C=O) groups excluding carboxylic acids is 2. The molecule has 0 aliphatic heterocycles. The van der Waals surface area contributed by atoms with E-state index in [0.717, 1.165) is 47.3 Å². The van der Waals surface area contributed by atoms with Crippen molar-refractivity contribution in [3.8, 4) is 5.69 Å². The number of nitrogens with one attached hydrogen (secondary N) is 2. The molecule has 1 aliphatic carbocycles. The van der Waals surface area contributed by atoms with Gasteiger partial charge in [-0.2, -0.15) is 5.10 Å². The summed E-state index contributed by atoms with van der Waals surface area (Å²) in [7, 11) is 0. The summed E-state index contributed by atoms with van der Waals surface area (Å²) in [5, 5.41) is 11.8. The van der Waals surface area contributed by atoms with Gasteiger partial charge in [0.05, 0.1) is 16.3 Å². The molecule has 0 atom stereocenters. The second kappa shape index (κ2) is 9.00. The number of rotatable bonds is 8. The van der Waals surface area contributed by atoms with Gasteiger partial charge >= 0.3 is 0 Å². The Balaban J connectivity index is 1.41. The zero-order valence-electron chi connectivity index (χ0n) is 17.5. The molecule has 7 heteroatoms. The zero-order valence-corrected chi connectivity index (χ0v) is 18.3. The van der Waals surface area contributed by atoms with Crippen molar-refractivity contribution in [1.82, 2.24) is 20.4 Å². The van der Waals surface area contributed by atoms with Crippen molar-refractivity contribution in [2.45, 2.75) is 45.4 Å². The topological polar surface area (TPSA) is 76.0 Å². The van der Waals surface area contributed by atoms with E-state index in [1.165, 1.54) is 11.3 Å². The maximum absolute atomic E-state index is 12.7. The first-order chi connectivity index (χ1) is 14.5. The zero-order chi connectivity index (χ0) is 21.1. The Morgan fingerprint density at radius 3 is 2.57 bits per heavy atom. The first kappa shape index (κ1) is 20.6. The number of amides is 2. The second-order valence-electron chi connectivity index (χ2n) is 8.15. The lowest BCUT2D eigenvalue weighted by molar-refractivity contribution is -0.127. The Labute approximate surface area is 180 Å². The molecule has 2 heterocycles. The highest BCUT2D eigenvalue weighted by atomic mass is 32.1. The minimum Gasteiger partial charge on any atom is -0.356 e. The van der Waals surface area contributed by atoms with E-state index in [-0.39, 0.29) is 23.7 Å². The minimum atomic E-state index is -0.0733. The van der Waals surface area contributed by atoms with Crippen LogP contribution in [0.1, 0.15) is 60.8 Å². The minimum absolute atomic E-state index is 0.0733. The van der Waals surface area contributed by atoms with Crippen LogP contribution < -0.4 is 10.6 Å². The SMILES string of the molecule is CC(C)c1nn(-c2ccccc2)c2sc(C(=O)NCCCNC(=O)C3CCC3)cc12. The standard InChI is InChI=1S/C23H28N4O2S/c1-15(2)20-18-14-19(30-23(18)27(26-20)17-10-4-3-5-11-17)22(29)25-13-7-12-24-21(28)16-8-6-9-16/h3-5,10-11,14-16H,6-9,12-13H2,1-2H3,(H,24,28)(H,25,29). The van der Waals surface area contributed by atoms with E-state index >= 15 is 0 Å². The van der Waals surface area contributed by atoms with Crippen molar-refractivity contribution in [3.63, 3.8) is 0 Å². The predicted molar refractivity (Wildman–Crippen MR) is 120 cm³/mol. The van der Waals surface area contributed by atoms with E-state index in [4.69, 9.17) is 5.10 Å². The first-order valence-electron chi connectivity index (χ1n) is 10.7. The van der Waals surface area contributed by atoms with E-state index in [1.54, 1.807) is 0 Å². The summed E-state index contributed by atoms with van der Waals surface area (Å²) < 4.78 is 1.93. The van der Waals surface area contributed by atoms with Gasteiger partial charge in [-0.05, 0) is 43.4 Å². The highest BCUT2D eigenvalue weighted by molar-refractivity contribution is 7.20. The number of hydrogen-bond donors (Lipinski definition) is 2. The van der Waals surface area contributed by atoms with Crippen LogP contribution in [0.5, 0.6) is 0 Å². The van der Waals surface area contributed by atoms with Crippen LogP contribution in [0.2, 0.25) is 0 Å². The van der Waals surface area contributed by atoms with Gasteiger partial charge in [-0.15, -0.1) is 11.3 Å². The molecular formula is C23H28N4O2S. The van der Waals surface area contributed by atoms with Gasteiger partial charge in [-0.25, -0.2) is 4.68 Å². The van der Waals surface area contributed by atoms with Gasteiger partial charge in [-0.3, -0.25) is 9.59 Å². The monoisotopic (exact) mass is 424 g/mol. The Morgan fingerprint density at radius 1 is 1.17 bits per heavy atom. The Morgan fingerprint density at radius 2 is 1.90 bits per heavy atom. The summed E-state index contributed by atoms with van der Waals surface area (Å²) in [4.78, 5) is 26.2. The van der Waals surface area contributed by atoms with E-state index in [2.05, 4.69) is 24.5 Å². The Hall–Kier alpha value is -2.67. The lowest BCUT2D eigenvalue weighted by atomic mass is 9.85. The summed E-state index contributed by atoms with van der Waals surface area (Å²) in [5.41, 5.74) is 1.99. The predicted octanol–water partition coefficient (Wildman–Crippen LogP) is 4.25. The molecule has 0 unspecified atom stereocenters. The van der Waals surface area contributed by atoms with E-state index in [0.29, 0.717) is 18.0 Å². The molecular weight excluding hydrogens is 396 g/mol. The molecule has 0 bridgehead atoms. The largest absolute Gasteiger partial charge is 0.356 e. The summed E-state index contributed by atoms with van der Waals surface area (Å²) >= 11 is 1.47. The highest BCUT2D eigenvalue weighted by Crippen LogP contribution is 2.33. The van der Waals surface area contributed by atoms with E-state index < -0.39 is 0 Å². The fourth-order valence-electron chi connectivity index (χ4n) is 3.62. The first-order valence-corrected chi connectivity index (χ1v) is 11.5. The molecule has 3 aromatic rings. The van der Waals surface area contributed by atoms with Crippen LogP contribution in [0.25, 0.3) is 15.9 Å². The molecule has 0 spiro atoms. The second-order valence-corrected chi connectivity index (χ2v) is 9.18. The van der Waals surface area contributed by atoms with Crippen LogP contribution in [0, 0.1) is 5.92 Å². The van der Waals surface area contributed by atoms with Crippen molar-refractivity contribution in [2.75, 3.05) is 13.1 Å². The van der Waals surface area contributed by atoms with Crippen molar-refractivity contribution >= 4 is 33.4 Å². The lowest BCUT2D eigenvalue weighted by Crippen LogP contribution is -2.36. The third-order valence-electron chi connectivity index (χ3n) is 5.57. The van der Waals surface area contributed by atoms with Crippen LogP contribution in [0.4, 0.5) is 0 Å². The van der Waals surface area contributed by atoms with Crippen molar-refractivity contribution in [1.29, 1.82) is 0 Å². The number of hydrogen-bond acceptors (Lipinski definition) is 4. The van der Waals surface area contributed by atoms with E-state index in [1.807, 2.05) is 41.1 Å². The third-order valence-corrected chi connectivity index (χ3v) is 6.68. The quantitative estimate of drug-likeness (QED) is 0.531. The van der Waals surface area contributed by atoms with Crippen molar-refractivity contribution < 1.29 is 9.59 Å². The van der Waals surface area contributed by atoms with Gasteiger partial charge in [0.25, 0.3) is 5.91 Å². The molecule has 2 amide bonds. The number of benzene rings is 1. The summed E-state index contributed by atoms with van der Waals surface area (Å²) in [6.07, 6.45) is 3.90. The normalized spacial score (nSPS) is 14.1. The lowest BCUT2D eigenvalue weighted by Gasteiger charge is -2.23. The number of carbonyl (C=O) groups is 2. The summed E-state index contributed by atoms with van der Waals surface area (Å²) in [6, 6.07) is 12.0. The summed E-state index contributed by atoms with van der Waals surface area (Å²) in [6.45, 7) is 5.38. The van der Waals surface area contributed by atoms with Gasteiger partial charge in [0, 0.05) is 24.4 Å². The molecule has 1 saturated carbocycles. The average molecular weight is 425 g/mol. The maximum atomic E-state index is 12.7. The number of aromatic nitrogens is 2. The Bertz CT molecular complexity index is 1030. The number of thiophene rings is 1. The van der Waals surface area contributed by atoms with Gasteiger partial charge in [0.2, 0.25) is 5.91 Å². The smallest absolute Gasteiger partial charge is 0.261 e. The average Bonchev–Trinajstić information content (AvgIpc) is 3.26. The maximum Gasteiger partial charge on any atom is 0.261 e. The van der Waals surface area contributed by atoms with Crippen molar-refractivity contribution in [3.05, 3.63) is 47.0 Å². The fourth-order valence-corrected chi connectivity index (χ4v) is 4.67. The molecule has 158 valence electrons. The molecule has 30 heavy (non-hydrogen) atoms. The molecule has 0 saturated heterocycles. The van der Waals surface area contributed by atoms with Gasteiger partial charge in [-0.1, -0.05) is 38.5 Å². The van der Waals surface area contributed by atoms with Crippen LogP contribution in [0.3, 0.4) is 0 Å². The third kappa shape index (κ3) is 4.26. The molecule has 4 rings (SSSR count). The molecule has 2 aromatic heterocycles. The fraction of sp³-hybridized carbons (Fsp3) is 0.435. The highest BCUT2D eigenvalue weighted by Gasteiger charge is 2.24. The van der Waals surface area contributed by atoms with Crippen LogP contribution in [-0.4, -0.2) is 34.7 Å². The van der Waals surface area contributed by atoms with E-state index in [9.17, 15) is 9.59 Å². The number of fused-ring (bicyclic) bond motifs is 1. The van der Waals surface area contributed by atoms with Crippen molar-refractivity contribution in [2.24, 2.45) is 5.92 Å². The number of para-hydroxylation sites is 1.